The van der Waals surface area contributed by atoms with Gasteiger partial charge in [0.1, 0.15) is 5.75 Å². The van der Waals surface area contributed by atoms with Crippen LogP contribution >= 0.6 is 22.7 Å². The zero-order valence-electron chi connectivity index (χ0n) is 18.6. The van der Waals surface area contributed by atoms with Crippen molar-refractivity contribution in [3.05, 3.63) is 75.8 Å². The summed E-state index contributed by atoms with van der Waals surface area (Å²) in [5.74, 6) is -0.00989. The fourth-order valence-electron chi connectivity index (χ4n) is 3.17. The number of nitrogens with zero attached hydrogens (tertiary/aromatic N) is 2. The van der Waals surface area contributed by atoms with Gasteiger partial charge in [0.2, 0.25) is 0 Å². The first-order valence-corrected chi connectivity index (χ1v) is 11.8. The van der Waals surface area contributed by atoms with Crippen LogP contribution in [-0.2, 0) is 0 Å². The van der Waals surface area contributed by atoms with E-state index in [-0.39, 0.29) is 11.8 Å². The summed E-state index contributed by atoms with van der Waals surface area (Å²) in [6, 6.07) is 12.6. The molecule has 2 N–H and O–H groups in total. The molecular formula is C24H22N4O3S2. The van der Waals surface area contributed by atoms with E-state index in [1.165, 1.54) is 29.8 Å². The maximum absolute atomic E-state index is 12.7. The van der Waals surface area contributed by atoms with Gasteiger partial charge in [-0.3, -0.25) is 20.2 Å². The van der Waals surface area contributed by atoms with Crippen LogP contribution in [0.2, 0.25) is 0 Å². The number of benzene rings is 2. The number of para-hydroxylation sites is 1. The Kier molecular flexibility index (Phi) is 6.52. The molecule has 9 heteroatoms. The lowest BCUT2D eigenvalue weighted by atomic mass is 10.1. The molecule has 7 nitrogen and oxygen atoms in total. The topological polar surface area (TPSA) is 93.2 Å². The number of ether oxygens (including phenoxy) is 1. The zero-order valence-corrected chi connectivity index (χ0v) is 20.2. The minimum absolute atomic E-state index is 0.204. The number of rotatable bonds is 6. The van der Waals surface area contributed by atoms with Gasteiger partial charge < -0.3 is 4.74 Å². The molecule has 168 valence electrons. The predicted octanol–water partition coefficient (Wildman–Crippen LogP) is 5.71. The number of carbonyl (C=O) groups excluding carboxylic acids is 2. The lowest BCUT2D eigenvalue weighted by Crippen LogP contribution is -2.12. The molecule has 2 amide bonds. The Labute approximate surface area is 199 Å². The Hall–Kier alpha value is -3.56. The molecule has 0 bridgehead atoms. The number of aromatic nitrogens is 2. The van der Waals surface area contributed by atoms with Crippen LogP contribution in [0.15, 0.2) is 47.8 Å². The molecule has 2 aromatic carbocycles. The fourth-order valence-corrected chi connectivity index (χ4v) is 4.86. The highest BCUT2D eigenvalue weighted by Gasteiger charge is 2.18. The first-order valence-electron chi connectivity index (χ1n) is 10.1. The highest BCUT2D eigenvalue weighted by molar-refractivity contribution is 7.20. The number of hydrogen-bond donors (Lipinski definition) is 2. The molecule has 0 saturated carbocycles. The predicted molar refractivity (Wildman–Crippen MR) is 133 cm³/mol. The molecule has 0 saturated heterocycles. The first kappa shape index (κ1) is 22.6. The fraction of sp³-hybridized carbons (Fsp3) is 0.167. The van der Waals surface area contributed by atoms with Gasteiger partial charge >= 0.3 is 0 Å². The third-order valence-corrected chi connectivity index (χ3v) is 6.95. The Morgan fingerprint density at radius 2 is 1.67 bits per heavy atom. The van der Waals surface area contributed by atoms with Gasteiger partial charge in [0.05, 0.1) is 28.9 Å². The van der Waals surface area contributed by atoms with E-state index in [4.69, 9.17) is 4.74 Å². The highest BCUT2D eigenvalue weighted by Crippen LogP contribution is 2.35. The van der Waals surface area contributed by atoms with Crippen molar-refractivity contribution in [2.45, 2.75) is 20.8 Å². The van der Waals surface area contributed by atoms with Gasteiger partial charge in [0.25, 0.3) is 11.8 Å². The van der Waals surface area contributed by atoms with E-state index >= 15 is 0 Å². The molecule has 0 spiro atoms. The second-order valence-corrected chi connectivity index (χ2v) is 9.24. The van der Waals surface area contributed by atoms with Crippen LogP contribution in [0, 0.1) is 20.8 Å². The van der Waals surface area contributed by atoms with Crippen LogP contribution in [0.4, 0.5) is 10.3 Å². The summed E-state index contributed by atoms with van der Waals surface area (Å²) in [6.07, 6.45) is 0. The molecule has 0 atom stereocenters. The molecule has 2 heterocycles. The van der Waals surface area contributed by atoms with Crippen molar-refractivity contribution < 1.29 is 14.3 Å². The number of nitrogens with one attached hydrogen (secondary N) is 2. The normalized spacial score (nSPS) is 10.7. The molecule has 0 aliphatic carbocycles. The molecule has 0 unspecified atom stereocenters. The smallest absolute Gasteiger partial charge is 0.261 e. The lowest BCUT2D eigenvalue weighted by molar-refractivity contribution is 0.101. The van der Waals surface area contributed by atoms with Crippen molar-refractivity contribution in [2.75, 3.05) is 17.7 Å². The van der Waals surface area contributed by atoms with E-state index in [2.05, 4.69) is 20.6 Å². The van der Waals surface area contributed by atoms with Gasteiger partial charge in [-0.1, -0.05) is 29.5 Å². The maximum Gasteiger partial charge on any atom is 0.261 e. The number of hydrogen-bond acceptors (Lipinski definition) is 7. The third kappa shape index (κ3) is 4.94. The molecule has 4 rings (SSSR count). The molecule has 0 radical (unpaired) electrons. The number of aryl methyl sites for hydroxylation is 3. The van der Waals surface area contributed by atoms with E-state index in [9.17, 15) is 9.59 Å². The van der Waals surface area contributed by atoms with Crippen molar-refractivity contribution in [2.24, 2.45) is 0 Å². The third-order valence-electron chi connectivity index (χ3n) is 5.10. The van der Waals surface area contributed by atoms with Gasteiger partial charge in [0, 0.05) is 10.9 Å². The Bertz CT molecular complexity index is 1340. The first-order chi connectivity index (χ1) is 15.9. The number of thiazole rings is 2. The van der Waals surface area contributed by atoms with Crippen molar-refractivity contribution in [3.8, 4) is 16.3 Å². The molecule has 0 aliphatic heterocycles. The molecule has 0 fully saturated rings. The van der Waals surface area contributed by atoms with E-state index < -0.39 is 0 Å². The van der Waals surface area contributed by atoms with Crippen LogP contribution < -0.4 is 15.4 Å². The van der Waals surface area contributed by atoms with Crippen molar-refractivity contribution in [1.82, 2.24) is 9.97 Å². The van der Waals surface area contributed by atoms with Crippen molar-refractivity contribution >= 4 is 44.8 Å². The molecule has 0 aliphatic rings. The highest BCUT2D eigenvalue weighted by atomic mass is 32.1. The van der Waals surface area contributed by atoms with E-state index in [1.807, 2.05) is 38.3 Å². The van der Waals surface area contributed by atoms with Gasteiger partial charge in [0.15, 0.2) is 10.3 Å². The van der Waals surface area contributed by atoms with Gasteiger partial charge in [-0.2, -0.15) is 0 Å². The van der Waals surface area contributed by atoms with E-state index in [1.54, 1.807) is 30.3 Å². The van der Waals surface area contributed by atoms with Crippen LogP contribution in [-0.4, -0.2) is 28.9 Å². The van der Waals surface area contributed by atoms with Crippen molar-refractivity contribution in [1.29, 1.82) is 0 Å². The summed E-state index contributed by atoms with van der Waals surface area (Å²) in [7, 11) is 1.52. The zero-order chi connectivity index (χ0) is 23.5. The summed E-state index contributed by atoms with van der Waals surface area (Å²) in [4.78, 5) is 35.1. The lowest BCUT2D eigenvalue weighted by Gasteiger charge is -2.06. The monoisotopic (exact) mass is 478 g/mol. The minimum Gasteiger partial charge on any atom is -0.496 e. The molecule has 4 aromatic rings. The second-order valence-electron chi connectivity index (χ2n) is 7.38. The molecular weight excluding hydrogens is 456 g/mol. The second kappa shape index (κ2) is 9.51. The summed E-state index contributed by atoms with van der Waals surface area (Å²) in [5, 5.41) is 8.51. The van der Waals surface area contributed by atoms with Crippen LogP contribution in [0.1, 0.15) is 37.5 Å². The number of amides is 2. The summed E-state index contributed by atoms with van der Waals surface area (Å²) in [6.45, 7) is 5.84. The Balaban J connectivity index is 1.49. The van der Waals surface area contributed by atoms with Gasteiger partial charge in [-0.05, 0) is 56.2 Å². The maximum atomic E-state index is 12.7. The SMILES string of the molecule is COc1ccccc1C(=O)Nc1nc(C)c(-c2csc(NC(=O)c3ccc(C)c(C)c3)n2)s1. The summed E-state index contributed by atoms with van der Waals surface area (Å²) >= 11 is 2.67. The quantitative estimate of drug-likeness (QED) is 0.370. The minimum atomic E-state index is -0.299. The van der Waals surface area contributed by atoms with Gasteiger partial charge in [-0.15, -0.1) is 11.3 Å². The van der Waals surface area contributed by atoms with Crippen molar-refractivity contribution in [3.63, 3.8) is 0 Å². The average Bonchev–Trinajstić information content (AvgIpc) is 3.41. The van der Waals surface area contributed by atoms with Crippen LogP contribution in [0.3, 0.4) is 0 Å². The summed E-state index contributed by atoms with van der Waals surface area (Å²) < 4.78 is 5.26. The Morgan fingerprint density at radius 3 is 2.42 bits per heavy atom. The number of carbonyl (C=O) groups is 2. The largest absolute Gasteiger partial charge is 0.496 e. The van der Waals surface area contributed by atoms with Crippen LogP contribution in [0.5, 0.6) is 5.75 Å². The molecule has 2 aromatic heterocycles. The number of methoxy groups -OCH3 is 1. The van der Waals surface area contributed by atoms with E-state index in [0.29, 0.717) is 32.8 Å². The number of anilines is 2. The van der Waals surface area contributed by atoms with Gasteiger partial charge in [-0.25, -0.2) is 9.97 Å². The van der Waals surface area contributed by atoms with E-state index in [0.717, 1.165) is 21.7 Å². The Morgan fingerprint density at radius 1 is 0.909 bits per heavy atom. The molecule has 33 heavy (non-hydrogen) atoms. The standard InChI is InChI=1S/C24H22N4O3S2/c1-13-9-10-16(11-14(13)2)21(29)27-23-26-18(12-32-23)20-15(3)25-24(33-20)28-22(30)17-7-5-6-8-19(17)31-4/h5-12H,1-4H3,(H,25,28,30)(H,26,27,29). The van der Waals surface area contributed by atoms with Crippen LogP contribution in [0.25, 0.3) is 10.6 Å². The average molecular weight is 479 g/mol. The summed E-state index contributed by atoms with van der Waals surface area (Å²) in [5.41, 5.74) is 4.66.